The molecule has 1 atom stereocenters. The molecule has 1 saturated carbocycles. The number of nitrogens with one attached hydrogen (secondary N) is 2. The van der Waals surface area contributed by atoms with Crippen LogP contribution in [0.25, 0.3) is 11.4 Å². The fourth-order valence-electron chi connectivity index (χ4n) is 4.64. The Balaban J connectivity index is 1.34. The lowest BCUT2D eigenvalue weighted by Gasteiger charge is -2.37. The van der Waals surface area contributed by atoms with E-state index >= 15 is 0 Å². The van der Waals surface area contributed by atoms with E-state index in [9.17, 15) is 4.79 Å². The van der Waals surface area contributed by atoms with Crippen LogP contribution in [-0.2, 0) is 11.2 Å². The van der Waals surface area contributed by atoms with Gasteiger partial charge >= 0.3 is 0 Å². The first kappa shape index (κ1) is 20.2. The minimum absolute atomic E-state index is 0.00705. The Morgan fingerprint density at radius 1 is 1.12 bits per heavy atom. The molecule has 1 saturated heterocycles. The van der Waals surface area contributed by atoms with Gasteiger partial charge in [-0.05, 0) is 62.9 Å². The number of ether oxygens (including phenoxy) is 2. The maximum absolute atomic E-state index is 11.5. The van der Waals surface area contributed by atoms with Crippen LogP contribution in [0.1, 0.15) is 31.7 Å². The first-order valence-corrected chi connectivity index (χ1v) is 11.6. The average Bonchev–Trinajstić information content (AvgIpc) is 3.57. The fourth-order valence-corrected chi connectivity index (χ4v) is 4.64. The lowest BCUT2D eigenvalue weighted by Crippen LogP contribution is -2.45. The summed E-state index contributed by atoms with van der Waals surface area (Å²) < 4.78 is 12.1. The predicted molar refractivity (Wildman–Crippen MR) is 126 cm³/mol. The van der Waals surface area contributed by atoms with Crippen molar-refractivity contribution < 1.29 is 9.47 Å². The molecule has 2 aliphatic heterocycles. The Labute approximate surface area is 192 Å². The number of benzene rings is 1. The van der Waals surface area contributed by atoms with E-state index in [4.69, 9.17) is 19.4 Å². The fraction of sp³-hybridized carbons (Fsp3) is 0.400. The van der Waals surface area contributed by atoms with Gasteiger partial charge in [0.1, 0.15) is 17.2 Å². The highest BCUT2D eigenvalue weighted by molar-refractivity contribution is 5.66. The van der Waals surface area contributed by atoms with Crippen molar-refractivity contribution in [3.8, 4) is 17.3 Å². The van der Waals surface area contributed by atoms with Gasteiger partial charge in [-0.25, -0.2) is 4.98 Å². The SMILES string of the molecule is CC1COCCN1c1nc(-c2ccc(Nc3cccc(=O)[nH]3)cc2)nc2c1CCC1(CC1)O2. The maximum atomic E-state index is 11.5. The summed E-state index contributed by atoms with van der Waals surface area (Å²) in [5.74, 6) is 3.03. The molecule has 0 radical (unpaired) electrons. The van der Waals surface area contributed by atoms with Crippen LogP contribution in [0.15, 0.2) is 47.3 Å². The van der Waals surface area contributed by atoms with Gasteiger partial charge in [-0.3, -0.25) is 4.79 Å². The number of anilines is 3. The summed E-state index contributed by atoms with van der Waals surface area (Å²) in [6.45, 7) is 4.38. The monoisotopic (exact) mass is 445 g/mol. The Morgan fingerprint density at radius 2 is 1.97 bits per heavy atom. The molecule has 170 valence electrons. The third-order valence-corrected chi connectivity index (χ3v) is 6.73. The third-order valence-electron chi connectivity index (χ3n) is 6.73. The summed E-state index contributed by atoms with van der Waals surface area (Å²) in [6, 6.07) is 13.2. The van der Waals surface area contributed by atoms with Crippen LogP contribution in [0.5, 0.6) is 5.88 Å². The van der Waals surface area contributed by atoms with Crippen molar-refractivity contribution in [2.75, 3.05) is 30.0 Å². The zero-order chi connectivity index (χ0) is 22.4. The standard InChI is InChI=1S/C25H27N5O3/c1-16-15-32-14-13-30(16)23-19-9-10-25(11-12-25)33-24(19)29-22(28-23)17-5-7-18(8-6-17)26-20-3-2-4-21(31)27-20/h2-8,16H,9-15H2,1H3,(H2,26,27,31). The van der Waals surface area contributed by atoms with E-state index in [0.717, 1.165) is 60.7 Å². The lowest BCUT2D eigenvalue weighted by atomic mass is 10.0. The van der Waals surface area contributed by atoms with Crippen LogP contribution in [0.2, 0.25) is 0 Å². The molecule has 2 N–H and O–H groups in total. The van der Waals surface area contributed by atoms with E-state index in [1.54, 1.807) is 6.07 Å². The van der Waals surface area contributed by atoms with Crippen LogP contribution < -0.4 is 20.5 Å². The van der Waals surface area contributed by atoms with Crippen molar-refractivity contribution in [2.24, 2.45) is 0 Å². The summed E-state index contributed by atoms with van der Waals surface area (Å²) in [5.41, 5.74) is 2.76. The number of H-pyrrole nitrogens is 1. The van der Waals surface area contributed by atoms with Gasteiger partial charge in [-0.2, -0.15) is 4.98 Å². The number of aromatic nitrogens is 3. The smallest absolute Gasteiger partial charge is 0.249 e. The van der Waals surface area contributed by atoms with Crippen molar-refractivity contribution in [1.82, 2.24) is 15.0 Å². The highest BCUT2D eigenvalue weighted by Crippen LogP contribution is 2.49. The van der Waals surface area contributed by atoms with Crippen molar-refractivity contribution in [1.29, 1.82) is 0 Å². The number of morpholine rings is 1. The summed E-state index contributed by atoms with van der Waals surface area (Å²) >= 11 is 0. The van der Waals surface area contributed by atoms with Crippen LogP contribution in [0.3, 0.4) is 0 Å². The van der Waals surface area contributed by atoms with E-state index < -0.39 is 0 Å². The second-order valence-electron chi connectivity index (χ2n) is 9.19. The number of pyridine rings is 1. The maximum Gasteiger partial charge on any atom is 0.249 e. The van der Waals surface area contributed by atoms with E-state index in [2.05, 4.69) is 22.1 Å². The quantitative estimate of drug-likeness (QED) is 0.633. The molecule has 1 aliphatic carbocycles. The third kappa shape index (κ3) is 3.95. The number of nitrogens with zero attached hydrogens (tertiary/aromatic N) is 3. The van der Waals surface area contributed by atoms with Crippen LogP contribution in [0.4, 0.5) is 17.3 Å². The van der Waals surface area contributed by atoms with Crippen molar-refractivity contribution in [3.63, 3.8) is 0 Å². The summed E-state index contributed by atoms with van der Waals surface area (Å²) in [7, 11) is 0. The molecule has 1 unspecified atom stereocenters. The molecule has 6 rings (SSSR count). The number of hydrogen-bond acceptors (Lipinski definition) is 7. The second-order valence-corrected chi connectivity index (χ2v) is 9.19. The Morgan fingerprint density at radius 3 is 2.73 bits per heavy atom. The van der Waals surface area contributed by atoms with Crippen molar-refractivity contribution in [3.05, 3.63) is 58.4 Å². The molecule has 3 aliphatic rings. The number of aromatic amines is 1. The molecule has 1 aromatic carbocycles. The molecule has 33 heavy (non-hydrogen) atoms. The molecule has 8 nitrogen and oxygen atoms in total. The van der Waals surface area contributed by atoms with E-state index in [0.29, 0.717) is 24.9 Å². The largest absolute Gasteiger partial charge is 0.471 e. The normalized spacial score (nSPS) is 20.8. The average molecular weight is 446 g/mol. The number of fused-ring (bicyclic) bond motifs is 1. The highest BCUT2D eigenvalue weighted by Gasteiger charge is 2.49. The first-order chi connectivity index (χ1) is 16.1. The van der Waals surface area contributed by atoms with Gasteiger partial charge in [0.15, 0.2) is 5.82 Å². The van der Waals surface area contributed by atoms with Gasteiger partial charge in [0.2, 0.25) is 11.4 Å². The van der Waals surface area contributed by atoms with Gasteiger partial charge < -0.3 is 24.7 Å². The molecule has 0 amide bonds. The number of hydrogen-bond donors (Lipinski definition) is 2. The zero-order valence-corrected chi connectivity index (χ0v) is 18.6. The Hall–Kier alpha value is -3.39. The van der Waals surface area contributed by atoms with E-state index in [1.165, 1.54) is 6.07 Å². The molecule has 1 spiro atoms. The van der Waals surface area contributed by atoms with E-state index in [-0.39, 0.29) is 17.2 Å². The first-order valence-electron chi connectivity index (χ1n) is 11.6. The van der Waals surface area contributed by atoms with Crippen molar-refractivity contribution >= 4 is 17.3 Å². The second kappa shape index (κ2) is 7.88. The molecule has 2 fully saturated rings. The van der Waals surface area contributed by atoms with Gasteiger partial charge in [0, 0.05) is 23.9 Å². The minimum Gasteiger partial charge on any atom is -0.471 e. The Kier molecular flexibility index (Phi) is 4.83. The molecular formula is C25H27N5O3. The number of rotatable bonds is 4. The van der Waals surface area contributed by atoms with Crippen LogP contribution in [0, 0.1) is 0 Å². The molecule has 0 bridgehead atoms. The van der Waals surface area contributed by atoms with Crippen LogP contribution >= 0.6 is 0 Å². The summed E-state index contributed by atoms with van der Waals surface area (Å²) in [5, 5.41) is 3.22. The Bertz CT molecular complexity index is 1240. The molecule has 3 aromatic rings. The molecular weight excluding hydrogens is 418 g/mol. The highest BCUT2D eigenvalue weighted by atomic mass is 16.5. The van der Waals surface area contributed by atoms with Gasteiger partial charge in [0.05, 0.1) is 24.8 Å². The lowest BCUT2D eigenvalue weighted by molar-refractivity contribution is 0.0978. The molecule has 8 heteroatoms. The summed E-state index contributed by atoms with van der Waals surface area (Å²) in [6.07, 6.45) is 4.21. The van der Waals surface area contributed by atoms with Gasteiger partial charge in [-0.15, -0.1) is 0 Å². The summed E-state index contributed by atoms with van der Waals surface area (Å²) in [4.78, 5) is 26.5. The minimum atomic E-state index is -0.141. The van der Waals surface area contributed by atoms with E-state index in [1.807, 2.05) is 30.3 Å². The zero-order valence-electron chi connectivity index (χ0n) is 18.6. The van der Waals surface area contributed by atoms with Crippen molar-refractivity contribution in [2.45, 2.75) is 44.2 Å². The van der Waals surface area contributed by atoms with Crippen LogP contribution in [-0.4, -0.2) is 46.4 Å². The van der Waals surface area contributed by atoms with Gasteiger partial charge in [0.25, 0.3) is 0 Å². The topological polar surface area (TPSA) is 92.4 Å². The molecule has 4 heterocycles. The van der Waals surface area contributed by atoms with Gasteiger partial charge in [-0.1, -0.05) is 6.07 Å². The molecule has 2 aromatic heterocycles. The predicted octanol–water partition coefficient (Wildman–Crippen LogP) is 3.66.